The molecular weight excluding hydrogens is 92.0 g/mol. The van der Waals surface area contributed by atoms with Crippen LogP contribution in [0.25, 0.3) is 0 Å². The molecule has 0 saturated carbocycles. The first kappa shape index (κ1) is 9.25. The first-order chi connectivity index (χ1) is 2.00. The van der Waals surface area contributed by atoms with Gasteiger partial charge >= 0.3 is 6.16 Å². The minimum atomic E-state index is -3.50. The summed E-state index contributed by atoms with van der Waals surface area (Å²) < 4.78 is 0. The van der Waals surface area contributed by atoms with Gasteiger partial charge in [0.05, 0.1) is 0 Å². The van der Waals surface area contributed by atoms with Crippen LogP contribution in [-0.4, -0.2) is 26.6 Å². The molecule has 0 aromatic rings. The molecule has 0 spiro atoms. The molecule has 6 heavy (non-hydrogen) atoms. The Balaban J connectivity index is 0. The normalized spacial score (nSPS) is 10.0. The molecule has 0 rings (SSSR count). The van der Waals surface area contributed by atoms with Crippen molar-refractivity contribution >= 4 is 0 Å². The first-order valence-corrected chi connectivity index (χ1v) is 0.894. The Morgan fingerprint density at radius 3 is 0.833 bits per heavy atom. The number of hydrogen-bond acceptors (Lipinski definition) is 4. The molecule has 0 atom stereocenters. The highest BCUT2D eigenvalue weighted by molar-refractivity contribution is 3.99. The van der Waals surface area contributed by atoms with E-state index >= 15 is 0 Å². The van der Waals surface area contributed by atoms with Crippen molar-refractivity contribution in [1.29, 1.82) is 0 Å². The van der Waals surface area contributed by atoms with Crippen LogP contribution in [0.3, 0.4) is 0 Å². The van der Waals surface area contributed by atoms with Gasteiger partial charge in [-0.3, -0.25) is 0 Å². The van der Waals surface area contributed by atoms with Gasteiger partial charge in [-0.1, -0.05) is 0 Å². The highest BCUT2D eigenvalue weighted by Gasteiger charge is 2.07. The lowest BCUT2D eigenvalue weighted by molar-refractivity contribution is -0.436. The second kappa shape index (κ2) is 2.06. The van der Waals surface area contributed by atoms with Crippen molar-refractivity contribution in [2.45, 2.75) is 6.16 Å². The van der Waals surface area contributed by atoms with Gasteiger partial charge in [0, 0.05) is 5.48 Å². The van der Waals surface area contributed by atoms with Gasteiger partial charge < -0.3 is 20.4 Å². The Morgan fingerprint density at radius 2 is 0.833 bits per heavy atom. The summed E-state index contributed by atoms with van der Waals surface area (Å²) in [6, 6.07) is 0. The summed E-state index contributed by atoms with van der Waals surface area (Å²) >= 11 is 0. The summed E-state index contributed by atoms with van der Waals surface area (Å²) in [6.07, 6.45) is -3.50. The lowest BCUT2D eigenvalue weighted by atomic mass is 11.2. The zero-order chi connectivity index (χ0) is 4.50. The van der Waals surface area contributed by atoms with Crippen molar-refractivity contribution in [1.82, 2.24) is 0 Å². The maximum Gasteiger partial charge on any atom is 0.402 e. The van der Waals surface area contributed by atoms with Crippen LogP contribution in [0.15, 0.2) is 0 Å². The van der Waals surface area contributed by atoms with Gasteiger partial charge in [0.25, 0.3) is 0 Å². The van der Waals surface area contributed by atoms with Gasteiger partial charge in [0.15, 0.2) is 0 Å². The fourth-order valence-corrected chi connectivity index (χ4v) is 0. The van der Waals surface area contributed by atoms with Gasteiger partial charge in [-0.05, 0) is 0 Å². The molecule has 0 unspecified atom stereocenters. The molecule has 0 aliphatic heterocycles. The lowest BCUT2D eigenvalue weighted by Crippen LogP contribution is -2.25. The largest absolute Gasteiger partial charge is 0.402 e. The third-order valence-corrected chi connectivity index (χ3v) is 0. The van der Waals surface area contributed by atoms with Crippen LogP contribution in [-0.2, 0) is 5.48 Å². The summed E-state index contributed by atoms with van der Waals surface area (Å²) in [5, 5.41) is 28.8. The van der Waals surface area contributed by atoms with E-state index in [2.05, 4.69) is 0 Å². The molecule has 0 amide bonds. The van der Waals surface area contributed by atoms with Crippen LogP contribution in [0.4, 0.5) is 0 Å². The fraction of sp³-hybridized carbons (Fsp3) is 1.00. The molecule has 0 fully saturated rings. The molecule has 5 nitrogen and oxygen atoms in total. The molecule has 0 aromatic carbocycles. The van der Waals surface area contributed by atoms with Gasteiger partial charge in [0.2, 0.25) is 0 Å². The monoisotopic (exact) mass is 96.0 g/mol. The first-order valence-electron chi connectivity index (χ1n) is 0.894. The number of rotatable bonds is 0. The zero-order valence-corrected chi connectivity index (χ0v) is 2.70. The molecule has 4 N–H and O–H groups in total. The van der Waals surface area contributed by atoms with Crippen LogP contribution < -0.4 is 0 Å². The van der Waals surface area contributed by atoms with Crippen LogP contribution in [0.2, 0.25) is 0 Å². The molecule has 0 aliphatic carbocycles. The fourth-order valence-electron chi connectivity index (χ4n) is 0. The Morgan fingerprint density at radius 1 is 0.833 bits per heavy atom. The molecule has 0 saturated heterocycles. The van der Waals surface area contributed by atoms with E-state index in [0.29, 0.717) is 0 Å². The average molecular weight is 96.0 g/mol. The molecular formula is CH4O5. The van der Waals surface area contributed by atoms with E-state index in [9.17, 15) is 0 Å². The van der Waals surface area contributed by atoms with Crippen LogP contribution in [0, 0.1) is 0 Å². The third kappa shape index (κ3) is 745. The predicted octanol–water partition coefficient (Wildman–Crippen LogP) is -2.55. The van der Waals surface area contributed by atoms with Gasteiger partial charge in [-0.15, -0.1) is 0 Å². The molecule has 0 heterocycles. The number of hydrogen-bond donors (Lipinski definition) is 4. The standard InChI is InChI=1S/CH4O4.O/c2-1(3,4)5;/h2-5H;. The molecule has 0 bridgehead atoms. The predicted molar refractivity (Wildman–Crippen MR) is 12.3 cm³/mol. The maximum atomic E-state index is 7.19. The van der Waals surface area contributed by atoms with Crippen LogP contribution in [0.1, 0.15) is 0 Å². The van der Waals surface area contributed by atoms with Crippen molar-refractivity contribution in [2.75, 3.05) is 0 Å². The summed E-state index contributed by atoms with van der Waals surface area (Å²) in [6.45, 7) is 0. The minimum absolute atomic E-state index is 0. The van der Waals surface area contributed by atoms with E-state index in [0.717, 1.165) is 0 Å². The average Bonchev–Trinajstić information content (AvgIpc) is 0.722. The Labute approximate surface area is 33.4 Å². The Hall–Kier alpha value is -0.200. The van der Waals surface area contributed by atoms with E-state index in [1.807, 2.05) is 0 Å². The molecule has 0 aliphatic rings. The Kier molecular flexibility index (Phi) is 3.18. The maximum absolute atomic E-state index is 7.19. The SMILES string of the molecule is OC(O)(O)O.[O]. The molecule has 38 valence electrons. The van der Waals surface area contributed by atoms with Crippen LogP contribution >= 0.6 is 0 Å². The van der Waals surface area contributed by atoms with E-state index in [1.165, 1.54) is 0 Å². The van der Waals surface area contributed by atoms with Crippen LogP contribution in [0.5, 0.6) is 0 Å². The summed E-state index contributed by atoms with van der Waals surface area (Å²) in [5.74, 6) is 0. The van der Waals surface area contributed by atoms with Crippen molar-refractivity contribution in [2.24, 2.45) is 0 Å². The second-order valence-corrected chi connectivity index (χ2v) is 0.600. The van der Waals surface area contributed by atoms with Crippen molar-refractivity contribution in [3.8, 4) is 0 Å². The number of aliphatic hydroxyl groups is 4. The highest BCUT2D eigenvalue weighted by Crippen LogP contribution is 1.75. The van der Waals surface area contributed by atoms with E-state index in [-0.39, 0.29) is 5.48 Å². The van der Waals surface area contributed by atoms with Gasteiger partial charge in [0.1, 0.15) is 0 Å². The lowest BCUT2D eigenvalue weighted by Gasteiger charge is -1.99. The molecule has 5 heteroatoms. The van der Waals surface area contributed by atoms with E-state index in [1.54, 1.807) is 0 Å². The van der Waals surface area contributed by atoms with E-state index < -0.39 is 6.16 Å². The van der Waals surface area contributed by atoms with Gasteiger partial charge in [-0.25, -0.2) is 0 Å². The van der Waals surface area contributed by atoms with Crippen molar-refractivity contribution in [3.05, 3.63) is 0 Å². The molecule has 0 aromatic heterocycles. The quantitative estimate of drug-likeness (QED) is 0.249. The summed E-state index contributed by atoms with van der Waals surface area (Å²) in [7, 11) is 0. The zero-order valence-electron chi connectivity index (χ0n) is 2.70. The smallest absolute Gasteiger partial charge is 0.319 e. The second-order valence-electron chi connectivity index (χ2n) is 0.600. The summed E-state index contributed by atoms with van der Waals surface area (Å²) in [5.41, 5.74) is 0. The van der Waals surface area contributed by atoms with Crippen molar-refractivity contribution < 1.29 is 25.9 Å². The molecule has 2 radical (unpaired) electrons. The topological polar surface area (TPSA) is 109 Å². The van der Waals surface area contributed by atoms with E-state index in [4.69, 9.17) is 20.4 Å². The highest BCUT2D eigenvalue weighted by atomic mass is 16.8. The summed E-state index contributed by atoms with van der Waals surface area (Å²) in [4.78, 5) is 0. The third-order valence-electron chi connectivity index (χ3n) is 0. The van der Waals surface area contributed by atoms with Gasteiger partial charge in [-0.2, -0.15) is 0 Å². The minimum Gasteiger partial charge on any atom is -0.319 e. The van der Waals surface area contributed by atoms with Crippen molar-refractivity contribution in [3.63, 3.8) is 0 Å². The Bertz CT molecular complexity index is 19.4.